The summed E-state index contributed by atoms with van der Waals surface area (Å²) in [5, 5.41) is 14.7. The molecule has 0 radical (unpaired) electrons. The number of aromatic hydroxyl groups is 1. The molecule has 1 heterocycles. The Hall–Kier alpha value is -3.57. The molecular weight excluding hydrogens is 410 g/mol. The van der Waals surface area contributed by atoms with Crippen LogP contribution in [0.5, 0.6) is 5.75 Å². The first-order chi connectivity index (χ1) is 14.9. The predicted octanol–water partition coefficient (Wildman–Crippen LogP) is 5.43. The summed E-state index contributed by atoms with van der Waals surface area (Å²) in [6.45, 7) is 5.06. The molecule has 0 saturated heterocycles. The zero-order valence-corrected chi connectivity index (χ0v) is 18.0. The molecule has 1 aromatic heterocycles. The van der Waals surface area contributed by atoms with Crippen molar-refractivity contribution in [1.82, 2.24) is 9.99 Å². The highest BCUT2D eigenvalue weighted by Crippen LogP contribution is 2.23. The molecule has 0 aliphatic heterocycles. The summed E-state index contributed by atoms with van der Waals surface area (Å²) in [7, 11) is 0. The topological polar surface area (TPSA) is 66.6 Å². The van der Waals surface area contributed by atoms with Gasteiger partial charge in [-0.2, -0.15) is 5.10 Å². The number of aryl methyl sites for hydroxylation is 2. The summed E-state index contributed by atoms with van der Waals surface area (Å²) in [5.74, 6) is -0.474. The number of halogens is 1. The van der Waals surface area contributed by atoms with Gasteiger partial charge in [-0.25, -0.2) is 5.43 Å². The zero-order valence-electron chi connectivity index (χ0n) is 17.3. The normalized spacial score (nSPS) is 11.3. The summed E-state index contributed by atoms with van der Waals surface area (Å²) in [6.07, 6.45) is 3.68. The first-order valence-electron chi connectivity index (χ1n) is 9.87. The predicted molar refractivity (Wildman–Crippen MR) is 125 cm³/mol. The van der Waals surface area contributed by atoms with Crippen LogP contribution in [-0.2, 0) is 6.54 Å². The lowest BCUT2D eigenvalue weighted by atomic mass is 10.1. The number of phenolic OH excluding ortho intramolecular Hbond substituents is 1. The van der Waals surface area contributed by atoms with Gasteiger partial charge in [-0.1, -0.05) is 35.9 Å². The van der Waals surface area contributed by atoms with E-state index in [1.54, 1.807) is 6.21 Å². The van der Waals surface area contributed by atoms with Crippen molar-refractivity contribution in [2.24, 2.45) is 5.10 Å². The van der Waals surface area contributed by atoms with Crippen LogP contribution >= 0.6 is 11.6 Å². The molecular formula is C25H22ClN3O2. The van der Waals surface area contributed by atoms with E-state index in [1.807, 2.05) is 12.1 Å². The minimum Gasteiger partial charge on any atom is -0.506 e. The highest BCUT2D eigenvalue weighted by molar-refractivity contribution is 6.32. The number of rotatable bonds is 5. The van der Waals surface area contributed by atoms with E-state index >= 15 is 0 Å². The third-order valence-electron chi connectivity index (χ3n) is 5.31. The Balaban J connectivity index is 1.46. The van der Waals surface area contributed by atoms with E-state index in [0.717, 1.165) is 23.0 Å². The van der Waals surface area contributed by atoms with Gasteiger partial charge in [0.2, 0.25) is 0 Å². The highest BCUT2D eigenvalue weighted by Gasteiger charge is 2.08. The van der Waals surface area contributed by atoms with Gasteiger partial charge in [0.15, 0.2) is 0 Å². The van der Waals surface area contributed by atoms with Gasteiger partial charge in [-0.05, 0) is 72.5 Å². The number of amides is 1. The van der Waals surface area contributed by atoms with Gasteiger partial charge in [0, 0.05) is 29.2 Å². The fraction of sp³-hybridized carbons (Fsp3) is 0.120. The number of phenols is 1. The Kier molecular flexibility index (Phi) is 5.78. The smallest absolute Gasteiger partial charge is 0.271 e. The summed E-state index contributed by atoms with van der Waals surface area (Å²) in [4.78, 5) is 12.2. The summed E-state index contributed by atoms with van der Waals surface area (Å²) in [6, 6.07) is 18.9. The van der Waals surface area contributed by atoms with Crippen molar-refractivity contribution in [1.29, 1.82) is 0 Å². The maximum absolute atomic E-state index is 12.2. The van der Waals surface area contributed by atoms with Crippen LogP contribution in [-0.4, -0.2) is 21.8 Å². The molecule has 0 bridgehead atoms. The minimum absolute atomic E-state index is 0.0699. The van der Waals surface area contributed by atoms with Gasteiger partial charge in [0.25, 0.3) is 5.91 Å². The molecule has 6 heteroatoms. The number of carbonyl (C=O) groups is 1. The van der Waals surface area contributed by atoms with E-state index in [1.165, 1.54) is 34.9 Å². The average Bonchev–Trinajstić information content (AvgIpc) is 3.14. The first-order valence-corrected chi connectivity index (χ1v) is 10.3. The second-order valence-corrected chi connectivity index (χ2v) is 7.95. The molecule has 0 aliphatic carbocycles. The quantitative estimate of drug-likeness (QED) is 0.327. The maximum atomic E-state index is 12.2. The van der Waals surface area contributed by atoms with Crippen molar-refractivity contribution in [3.8, 4) is 5.75 Å². The third kappa shape index (κ3) is 4.62. The van der Waals surface area contributed by atoms with Crippen LogP contribution < -0.4 is 5.43 Å². The number of nitrogens with zero attached hydrogens (tertiary/aromatic N) is 2. The van der Waals surface area contributed by atoms with E-state index in [-0.39, 0.29) is 10.8 Å². The maximum Gasteiger partial charge on any atom is 0.271 e. The first kappa shape index (κ1) is 20.7. The number of hydrazone groups is 1. The van der Waals surface area contributed by atoms with Crippen molar-refractivity contribution in [3.05, 3.63) is 99.7 Å². The molecule has 156 valence electrons. The molecule has 0 aliphatic rings. The van der Waals surface area contributed by atoms with Crippen LogP contribution in [0.1, 0.15) is 32.6 Å². The molecule has 4 rings (SSSR count). The number of fused-ring (bicyclic) bond motifs is 1. The summed E-state index contributed by atoms with van der Waals surface area (Å²) in [5.41, 5.74) is 8.67. The molecule has 0 saturated carbocycles. The number of hydrogen-bond donors (Lipinski definition) is 2. The van der Waals surface area contributed by atoms with Crippen molar-refractivity contribution in [2.45, 2.75) is 20.4 Å². The Bertz CT molecular complexity index is 1310. The number of carbonyl (C=O) groups excluding carboxylic acids is 1. The van der Waals surface area contributed by atoms with Crippen LogP contribution in [0.4, 0.5) is 0 Å². The number of nitrogens with one attached hydrogen (secondary N) is 1. The molecule has 3 aromatic carbocycles. The molecule has 2 N–H and O–H groups in total. The number of benzene rings is 3. The van der Waals surface area contributed by atoms with Gasteiger partial charge in [-0.3, -0.25) is 4.79 Å². The van der Waals surface area contributed by atoms with E-state index in [4.69, 9.17) is 11.6 Å². The lowest BCUT2D eigenvalue weighted by Crippen LogP contribution is -2.17. The van der Waals surface area contributed by atoms with Crippen LogP contribution in [0, 0.1) is 13.8 Å². The monoisotopic (exact) mass is 431 g/mol. The van der Waals surface area contributed by atoms with Gasteiger partial charge in [0.05, 0.1) is 11.2 Å². The molecule has 0 atom stereocenters. The second kappa shape index (κ2) is 8.66. The van der Waals surface area contributed by atoms with Crippen molar-refractivity contribution >= 4 is 34.6 Å². The molecule has 0 unspecified atom stereocenters. The Morgan fingerprint density at radius 3 is 2.68 bits per heavy atom. The zero-order chi connectivity index (χ0) is 22.0. The van der Waals surface area contributed by atoms with Gasteiger partial charge >= 0.3 is 0 Å². The average molecular weight is 432 g/mol. The van der Waals surface area contributed by atoms with Crippen molar-refractivity contribution in [3.63, 3.8) is 0 Å². The number of hydrogen-bond acceptors (Lipinski definition) is 3. The number of aromatic nitrogens is 1. The minimum atomic E-state index is -0.404. The molecule has 4 aromatic rings. The van der Waals surface area contributed by atoms with Crippen LogP contribution in [0.3, 0.4) is 0 Å². The lowest BCUT2D eigenvalue weighted by Gasteiger charge is -2.08. The van der Waals surface area contributed by atoms with E-state index < -0.39 is 5.91 Å². The Morgan fingerprint density at radius 1 is 1.06 bits per heavy atom. The van der Waals surface area contributed by atoms with Crippen LogP contribution in [0.15, 0.2) is 72.0 Å². The van der Waals surface area contributed by atoms with E-state index in [0.29, 0.717) is 5.56 Å². The summed E-state index contributed by atoms with van der Waals surface area (Å²) >= 11 is 5.84. The molecule has 31 heavy (non-hydrogen) atoms. The van der Waals surface area contributed by atoms with Crippen LogP contribution in [0.2, 0.25) is 5.02 Å². The Labute approximate surface area is 185 Å². The second-order valence-electron chi connectivity index (χ2n) is 7.55. The van der Waals surface area contributed by atoms with E-state index in [9.17, 15) is 9.90 Å². The third-order valence-corrected chi connectivity index (χ3v) is 5.61. The van der Waals surface area contributed by atoms with E-state index in [2.05, 4.69) is 65.5 Å². The summed E-state index contributed by atoms with van der Waals surface area (Å²) < 4.78 is 2.22. The molecule has 0 spiro atoms. The SMILES string of the molecule is Cc1ccc(Cn2ccc3cc(/C=N/NC(=O)c4ccc(O)c(Cl)c4)ccc32)cc1C. The van der Waals surface area contributed by atoms with Crippen molar-refractivity contribution < 1.29 is 9.90 Å². The fourth-order valence-electron chi connectivity index (χ4n) is 3.41. The van der Waals surface area contributed by atoms with Crippen LogP contribution in [0.25, 0.3) is 10.9 Å². The highest BCUT2D eigenvalue weighted by atomic mass is 35.5. The molecule has 5 nitrogen and oxygen atoms in total. The largest absolute Gasteiger partial charge is 0.506 e. The fourth-order valence-corrected chi connectivity index (χ4v) is 3.59. The van der Waals surface area contributed by atoms with Gasteiger partial charge < -0.3 is 9.67 Å². The standard InChI is InChI=1S/C25H22ClN3O2/c1-16-3-4-19(11-17(16)2)15-29-10-9-20-12-18(5-7-23(20)29)14-27-28-25(31)21-6-8-24(30)22(26)13-21/h3-14,30H,15H2,1-2H3,(H,28,31)/b27-14+. The Morgan fingerprint density at radius 2 is 1.90 bits per heavy atom. The molecule has 0 fully saturated rings. The molecule has 1 amide bonds. The lowest BCUT2D eigenvalue weighted by molar-refractivity contribution is 0.0955. The van der Waals surface area contributed by atoms with Gasteiger partial charge in [0.1, 0.15) is 5.75 Å². The van der Waals surface area contributed by atoms with Crippen molar-refractivity contribution in [2.75, 3.05) is 0 Å². The van der Waals surface area contributed by atoms with Gasteiger partial charge in [-0.15, -0.1) is 0 Å².